The van der Waals surface area contributed by atoms with Gasteiger partial charge in [-0.05, 0) is 41.8 Å². The van der Waals surface area contributed by atoms with E-state index in [9.17, 15) is 8.42 Å². The molecule has 8 nitrogen and oxygen atoms in total. The molecule has 2 aromatic carbocycles. The van der Waals surface area contributed by atoms with Gasteiger partial charge in [-0.15, -0.1) is 0 Å². The van der Waals surface area contributed by atoms with Crippen molar-refractivity contribution in [3.8, 4) is 11.5 Å². The molecule has 0 aliphatic carbocycles. The van der Waals surface area contributed by atoms with Crippen LogP contribution in [0.15, 0.2) is 52.4 Å². The Hall–Kier alpha value is -2.78. The lowest BCUT2D eigenvalue weighted by molar-refractivity contribution is 0.354. The van der Waals surface area contributed by atoms with Crippen LogP contribution < -0.4 is 20.1 Å². The van der Waals surface area contributed by atoms with E-state index in [-0.39, 0.29) is 4.90 Å². The predicted octanol–water partition coefficient (Wildman–Crippen LogP) is 1.86. The van der Waals surface area contributed by atoms with Gasteiger partial charge in [0, 0.05) is 34.2 Å². The molecule has 0 unspecified atom stereocenters. The zero-order chi connectivity index (χ0) is 22.1. The lowest BCUT2D eigenvalue weighted by Gasteiger charge is -2.14. The van der Waals surface area contributed by atoms with Gasteiger partial charge in [-0.3, -0.25) is 4.99 Å². The maximum atomic E-state index is 12.1. The maximum Gasteiger partial charge on any atom is 0.242 e. The van der Waals surface area contributed by atoms with Gasteiger partial charge in [0.25, 0.3) is 0 Å². The first kappa shape index (κ1) is 23.5. The van der Waals surface area contributed by atoms with Crippen LogP contribution in [0, 0.1) is 0 Å². The topological polar surface area (TPSA) is 92.3 Å². The molecular formula is C21H30N4O4S. The smallest absolute Gasteiger partial charge is 0.242 e. The normalized spacial score (nSPS) is 12.0. The van der Waals surface area contributed by atoms with Crippen LogP contribution in [0.1, 0.15) is 11.1 Å². The fourth-order valence-electron chi connectivity index (χ4n) is 2.76. The number of methoxy groups -OCH3 is 2. The molecule has 2 aromatic rings. The number of nitrogens with zero attached hydrogens (tertiary/aromatic N) is 2. The molecule has 0 aromatic heterocycles. The van der Waals surface area contributed by atoms with Gasteiger partial charge in [0.05, 0.1) is 19.1 Å². The number of rotatable bonds is 9. The van der Waals surface area contributed by atoms with Crippen LogP contribution >= 0.6 is 0 Å². The van der Waals surface area contributed by atoms with E-state index >= 15 is 0 Å². The monoisotopic (exact) mass is 434 g/mol. The number of ether oxygens (including phenoxy) is 2. The summed E-state index contributed by atoms with van der Waals surface area (Å²) in [5, 5.41) is 6.50. The van der Waals surface area contributed by atoms with Crippen LogP contribution in [-0.2, 0) is 23.0 Å². The number of nitrogens with one attached hydrogen (secondary N) is 2. The Morgan fingerprint density at radius 1 is 0.967 bits per heavy atom. The van der Waals surface area contributed by atoms with E-state index < -0.39 is 10.0 Å². The Kier molecular flexibility index (Phi) is 8.49. The molecule has 2 N–H and O–H groups in total. The second-order valence-electron chi connectivity index (χ2n) is 6.72. The van der Waals surface area contributed by atoms with Gasteiger partial charge in [-0.2, -0.15) is 0 Å². The van der Waals surface area contributed by atoms with Crippen LogP contribution in [0.3, 0.4) is 0 Å². The average Bonchev–Trinajstić information content (AvgIpc) is 2.76. The Balaban J connectivity index is 1.87. The van der Waals surface area contributed by atoms with Crippen molar-refractivity contribution in [1.29, 1.82) is 0 Å². The van der Waals surface area contributed by atoms with Crippen LogP contribution in [0.25, 0.3) is 0 Å². The van der Waals surface area contributed by atoms with Gasteiger partial charge in [0.1, 0.15) is 0 Å². The van der Waals surface area contributed by atoms with Crippen molar-refractivity contribution in [3.05, 3.63) is 53.6 Å². The molecule has 9 heteroatoms. The molecule has 0 aliphatic rings. The molecule has 0 saturated carbocycles. The molecule has 0 radical (unpaired) electrons. The van der Waals surface area contributed by atoms with Gasteiger partial charge in [0.15, 0.2) is 17.5 Å². The molecule has 0 atom stereocenters. The summed E-state index contributed by atoms with van der Waals surface area (Å²) in [6.07, 6.45) is 0.790. The third-order valence-electron chi connectivity index (χ3n) is 4.54. The molecular weight excluding hydrogens is 404 g/mol. The molecule has 0 saturated heterocycles. The fourth-order valence-corrected chi connectivity index (χ4v) is 3.66. The highest BCUT2D eigenvalue weighted by Crippen LogP contribution is 2.27. The lowest BCUT2D eigenvalue weighted by Crippen LogP contribution is -2.37. The van der Waals surface area contributed by atoms with Gasteiger partial charge < -0.3 is 20.1 Å². The number of hydrogen-bond donors (Lipinski definition) is 2. The van der Waals surface area contributed by atoms with E-state index in [2.05, 4.69) is 15.6 Å². The first-order chi connectivity index (χ1) is 14.3. The Morgan fingerprint density at radius 2 is 1.60 bits per heavy atom. The highest BCUT2D eigenvalue weighted by atomic mass is 32.2. The van der Waals surface area contributed by atoms with Crippen molar-refractivity contribution in [2.75, 3.05) is 41.9 Å². The highest BCUT2D eigenvalue weighted by molar-refractivity contribution is 7.89. The van der Waals surface area contributed by atoms with Crippen molar-refractivity contribution in [3.63, 3.8) is 0 Å². The Labute approximate surface area is 179 Å². The van der Waals surface area contributed by atoms with Crippen LogP contribution in [-0.4, -0.2) is 60.6 Å². The minimum absolute atomic E-state index is 0.272. The number of guanidine groups is 1. The zero-order valence-electron chi connectivity index (χ0n) is 18.1. The molecule has 0 heterocycles. The standard InChI is InChI=1S/C21H30N4O4S/c1-22-21(23-13-12-16-8-11-19(28-4)20(14-16)29-5)24-15-17-6-9-18(10-7-17)30(26,27)25(2)3/h6-11,14H,12-13,15H2,1-5H3,(H2,22,23,24). The quantitative estimate of drug-likeness (QED) is 0.462. The first-order valence-corrected chi connectivity index (χ1v) is 10.9. The van der Waals surface area contributed by atoms with Crippen molar-refractivity contribution < 1.29 is 17.9 Å². The van der Waals surface area contributed by atoms with Gasteiger partial charge in [0.2, 0.25) is 10.0 Å². The van der Waals surface area contributed by atoms with Crippen molar-refractivity contribution in [2.24, 2.45) is 4.99 Å². The van der Waals surface area contributed by atoms with E-state index in [0.717, 1.165) is 17.5 Å². The number of sulfonamides is 1. The molecule has 0 amide bonds. The maximum absolute atomic E-state index is 12.1. The molecule has 0 fully saturated rings. The molecule has 0 spiro atoms. The summed E-state index contributed by atoms with van der Waals surface area (Å²) >= 11 is 0. The van der Waals surface area contributed by atoms with E-state index in [0.29, 0.717) is 30.5 Å². The Morgan fingerprint density at radius 3 is 2.17 bits per heavy atom. The second kappa shape index (κ2) is 10.8. The second-order valence-corrected chi connectivity index (χ2v) is 8.88. The molecule has 2 rings (SSSR count). The summed E-state index contributed by atoms with van der Waals surface area (Å²) < 4.78 is 36.1. The van der Waals surface area contributed by atoms with Gasteiger partial charge in [-0.1, -0.05) is 18.2 Å². The molecule has 0 bridgehead atoms. The third-order valence-corrected chi connectivity index (χ3v) is 6.37. The fraction of sp³-hybridized carbons (Fsp3) is 0.381. The lowest BCUT2D eigenvalue weighted by atomic mass is 10.1. The van der Waals surface area contributed by atoms with E-state index in [1.165, 1.54) is 18.4 Å². The van der Waals surface area contributed by atoms with Crippen LogP contribution in [0.2, 0.25) is 0 Å². The summed E-state index contributed by atoms with van der Waals surface area (Å²) in [6, 6.07) is 12.7. The van der Waals surface area contributed by atoms with Crippen molar-refractivity contribution in [1.82, 2.24) is 14.9 Å². The third kappa shape index (κ3) is 6.11. The SMILES string of the molecule is CN=C(NCCc1ccc(OC)c(OC)c1)NCc1ccc(S(=O)(=O)N(C)C)cc1. The first-order valence-electron chi connectivity index (χ1n) is 9.48. The summed E-state index contributed by atoms with van der Waals surface area (Å²) in [7, 11) is 4.56. The molecule has 164 valence electrons. The Bertz CT molecular complexity index is 957. The van der Waals surface area contributed by atoms with E-state index in [1.807, 2.05) is 18.2 Å². The minimum Gasteiger partial charge on any atom is -0.493 e. The van der Waals surface area contributed by atoms with Gasteiger partial charge in [-0.25, -0.2) is 12.7 Å². The largest absolute Gasteiger partial charge is 0.493 e. The minimum atomic E-state index is -3.42. The summed E-state index contributed by atoms with van der Waals surface area (Å²) in [5.41, 5.74) is 2.07. The number of aliphatic imine (C=N–C) groups is 1. The van der Waals surface area contributed by atoms with Crippen LogP contribution in [0.4, 0.5) is 0 Å². The van der Waals surface area contributed by atoms with Crippen LogP contribution in [0.5, 0.6) is 11.5 Å². The highest BCUT2D eigenvalue weighted by Gasteiger charge is 2.16. The average molecular weight is 435 g/mol. The molecule has 30 heavy (non-hydrogen) atoms. The van der Waals surface area contributed by atoms with Crippen molar-refractivity contribution >= 4 is 16.0 Å². The van der Waals surface area contributed by atoms with E-state index in [1.54, 1.807) is 45.5 Å². The summed E-state index contributed by atoms with van der Waals surface area (Å²) in [5.74, 6) is 2.08. The number of hydrogen-bond acceptors (Lipinski definition) is 5. The van der Waals surface area contributed by atoms with E-state index in [4.69, 9.17) is 9.47 Å². The van der Waals surface area contributed by atoms with Gasteiger partial charge >= 0.3 is 0 Å². The molecule has 0 aliphatic heterocycles. The summed E-state index contributed by atoms with van der Waals surface area (Å²) in [4.78, 5) is 4.49. The number of benzene rings is 2. The summed E-state index contributed by atoms with van der Waals surface area (Å²) in [6.45, 7) is 1.22. The van der Waals surface area contributed by atoms with Crippen molar-refractivity contribution in [2.45, 2.75) is 17.9 Å². The predicted molar refractivity (Wildman–Crippen MR) is 119 cm³/mol. The zero-order valence-corrected chi connectivity index (χ0v) is 18.9.